The highest BCUT2D eigenvalue weighted by Gasteiger charge is 2.08. The fraction of sp³-hybridized carbons (Fsp3) is 0.111. The van der Waals surface area contributed by atoms with Gasteiger partial charge >= 0.3 is 0 Å². The smallest absolute Gasteiger partial charge is 0.277 e. The van der Waals surface area contributed by atoms with Crippen LogP contribution in [0.1, 0.15) is 5.56 Å². The molecule has 0 radical (unpaired) electrons. The molecule has 5 heteroatoms. The van der Waals surface area contributed by atoms with Gasteiger partial charge < -0.3 is 9.15 Å². The third kappa shape index (κ3) is 4.23. The molecule has 0 amide bonds. The van der Waals surface area contributed by atoms with E-state index in [0.29, 0.717) is 11.1 Å². The number of hydrogen-bond donors (Lipinski definition) is 0. The minimum absolute atomic E-state index is 0.516. The Labute approximate surface area is 139 Å². The number of benzene rings is 2. The lowest BCUT2D eigenvalue weighted by Gasteiger charge is -1.99. The minimum Gasteiger partial charge on any atom is -0.497 e. The topological polar surface area (TPSA) is 48.2 Å². The van der Waals surface area contributed by atoms with Crippen LogP contribution in [-0.2, 0) is 0 Å². The summed E-state index contributed by atoms with van der Waals surface area (Å²) in [6.45, 7) is 0. The standard InChI is InChI=1S/C18H16N2O2S/c1-21-16-11-9-15(10-12-16)17-19-20-18(22-17)23-13-5-8-14-6-3-2-4-7-14/h2-12H,13H2,1H3. The van der Waals surface area contributed by atoms with Crippen molar-refractivity contribution >= 4 is 17.8 Å². The summed E-state index contributed by atoms with van der Waals surface area (Å²) in [4.78, 5) is 0. The van der Waals surface area contributed by atoms with Gasteiger partial charge in [-0.1, -0.05) is 54.2 Å². The fourth-order valence-corrected chi connectivity index (χ4v) is 2.56. The molecule has 0 saturated heterocycles. The molecule has 4 nitrogen and oxygen atoms in total. The quantitative estimate of drug-likeness (QED) is 0.623. The van der Waals surface area contributed by atoms with Gasteiger partial charge in [-0.2, -0.15) is 0 Å². The number of hydrogen-bond acceptors (Lipinski definition) is 5. The zero-order chi connectivity index (χ0) is 15.9. The Morgan fingerprint density at radius 1 is 1.04 bits per heavy atom. The number of ether oxygens (including phenoxy) is 1. The predicted octanol–water partition coefficient (Wildman–Crippen LogP) is 4.55. The van der Waals surface area contributed by atoms with Gasteiger partial charge in [-0.05, 0) is 29.8 Å². The Bertz CT molecular complexity index is 767. The highest BCUT2D eigenvalue weighted by molar-refractivity contribution is 7.99. The maximum absolute atomic E-state index is 5.66. The SMILES string of the molecule is COc1ccc(-c2nnc(SCC=Cc3ccccc3)o2)cc1. The lowest BCUT2D eigenvalue weighted by molar-refractivity contribution is 0.414. The van der Waals surface area contributed by atoms with Crippen LogP contribution in [0.2, 0.25) is 0 Å². The summed E-state index contributed by atoms with van der Waals surface area (Å²) in [6.07, 6.45) is 4.16. The number of nitrogens with zero attached hydrogens (tertiary/aromatic N) is 2. The largest absolute Gasteiger partial charge is 0.497 e. The van der Waals surface area contributed by atoms with Gasteiger partial charge in [0.15, 0.2) is 0 Å². The van der Waals surface area contributed by atoms with Crippen molar-refractivity contribution in [1.82, 2.24) is 10.2 Å². The van der Waals surface area contributed by atoms with Crippen LogP contribution in [0.25, 0.3) is 17.5 Å². The van der Waals surface area contributed by atoms with Crippen molar-refractivity contribution in [2.75, 3.05) is 12.9 Å². The van der Waals surface area contributed by atoms with E-state index >= 15 is 0 Å². The van der Waals surface area contributed by atoms with Crippen molar-refractivity contribution < 1.29 is 9.15 Å². The Morgan fingerprint density at radius 2 is 1.83 bits per heavy atom. The van der Waals surface area contributed by atoms with Crippen LogP contribution in [0.4, 0.5) is 0 Å². The molecule has 0 unspecified atom stereocenters. The van der Waals surface area contributed by atoms with Gasteiger partial charge in [-0.15, -0.1) is 10.2 Å². The fourth-order valence-electron chi connectivity index (χ4n) is 1.99. The van der Waals surface area contributed by atoms with Gasteiger partial charge in [-0.3, -0.25) is 0 Å². The van der Waals surface area contributed by atoms with E-state index in [0.717, 1.165) is 17.1 Å². The van der Waals surface area contributed by atoms with E-state index in [1.54, 1.807) is 7.11 Å². The Hall–Kier alpha value is -2.53. The van der Waals surface area contributed by atoms with Crippen molar-refractivity contribution in [2.45, 2.75) is 5.22 Å². The highest BCUT2D eigenvalue weighted by atomic mass is 32.2. The molecule has 0 aliphatic heterocycles. The van der Waals surface area contributed by atoms with E-state index in [1.165, 1.54) is 17.3 Å². The summed E-state index contributed by atoms with van der Waals surface area (Å²) >= 11 is 1.51. The summed E-state index contributed by atoms with van der Waals surface area (Å²) < 4.78 is 10.8. The van der Waals surface area contributed by atoms with E-state index in [4.69, 9.17) is 9.15 Å². The molecule has 2 aromatic carbocycles. The summed E-state index contributed by atoms with van der Waals surface area (Å²) in [5, 5.41) is 8.70. The molecule has 0 spiro atoms. The molecule has 0 bridgehead atoms. The van der Waals surface area contributed by atoms with Crippen LogP contribution in [0.3, 0.4) is 0 Å². The van der Waals surface area contributed by atoms with E-state index in [1.807, 2.05) is 42.5 Å². The molecule has 1 aromatic heterocycles. The van der Waals surface area contributed by atoms with Gasteiger partial charge in [0, 0.05) is 11.3 Å². The van der Waals surface area contributed by atoms with Crippen molar-refractivity contribution in [1.29, 1.82) is 0 Å². The monoisotopic (exact) mass is 324 g/mol. The van der Waals surface area contributed by atoms with Crippen LogP contribution >= 0.6 is 11.8 Å². The Kier molecular flexibility index (Phi) is 5.11. The normalized spacial score (nSPS) is 11.0. The minimum atomic E-state index is 0.516. The first-order valence-corrected chi connectivity index (χ1v) is 8.16. The van der Waals surface area contributed by atoms with Crippen molar-refractivity contribution in [3.63, 3.8) is 0 Å². The number of rotatable bonds is 6. The molecule has 0 saturated carbocycles. The van der Waals surface area contributed by atoms with E-state index < -0.39 is 0 Å². The number of aromatic nitrogens is 2. The maximum atomic E-state index is 5.66. The van der Waals surface area contributed by atoms with Gasteiger partial charge in [-0.25, -0.2) is 0 Å². The molecular weight excluding hydrogens is 308 g/mol. The van der Waals surface area contributed by atoms with Crippen molar-refractivity contribution in [3.05, 3.63) is 66.2 Å². The first kappa shape index (κ1) is 15.4. The van der Waals surface area contributed by atoms with Gasteiger partial charge in [0.2, 0.25) is 5.89 Å². The molecule has 0 atom stereocenters. The lowest BCUT2D eigenvalue weighted by atomic mass is 10.2. The predicted molar refractivity (Wildman–Crippen MR) is 92.5 cm³/mol. The molecule has 3 rings (SSSR count). The van der Waals surface area contributed by atoms with Gasteiger partial charge in [0.25, 0.3) is 5.22 Å². The zero-order valence-corrected chi connectivity index (χ0v) is 13.5. The highest BCUT2D eigenvalue weighted by Crippen LogP contribution is 2.24. The molecular formula is C18H16N2O2S. The zero-order valence-electron chi connectivity index (χ0n) is 12.7. The van der Waals surface area contributed by atoms with Gasteiger partial charge in [0.05, 0.1) is 7.11 Å². The van der Waals surface area contributed by atoms with E-state index in [2.05, 4.69) is 34.5 Å². The second kappa shape index (κ2) is 7.65. The average molecular weight is 324 g/mol. The summed E-state index contributed by atoms with van der Waals surface area (Å²) in [5.74, 6) is 2.09. The molecule has 0 aliphatic rings. The molecule has 23 heavy (non-hydrogen) atoms. The van der Waals surface area contributed by atoms with Crippen LogP contribution in [0, 0.1) is 0 Å². The van der Waals surface area contributed by atoms with Crippen molar-refractivity contribution in [2.24, 2.45) is 0 Å². The lowest BCUT2D eigenvalue weighted by Crippen LogP contribution is -1.82. The molecule has 1 heterocycles. The number of methoxy groups -OCH3 is 1. The molecule has 0 N–H and O–H groups in total. The maximum Gasteiger partial charge on any atom is 0.277 e. The third-order valence-corrected chi connectivity index (χ3v) is 3.93. The van der Waals surface area contributed by atoms with E-state index in [-0.39, 0.29) is 0 Å². The third-order valence-electron chi connectivity index (χ3n) is 3.16. The first-order valence-electron chi connectivity index (χ1n) is 7.17. The summed E-state index contributed by atoms with van der Waals surface area (Å²) in [5.41, 5.74) is 2.06. The van der Waals surface area contributed by atoms with Crippen LogP contribution in [-0.4, -0.2) is 23.1 Å². The van der Waals surface area contributed by atoms with E-state index in [9.17, 15) is 0 Å². The Balaban J connectivity index is 1.57. The van der Waals surface area contributed by atoms with Crippen LogP contribution < -0.4 is 4.74 Å². The Morgan fingerprint density at radius 3 is 2.57 bits per heavy atom. The molecule has 3 aromatic rings. The first-order chi connectivity index (χ1) is 11.3. The molecule has 116 valence electrons. The average Bonchev–Trinajstić information content (AvgIpc) is 3.09. The second-order valence-electron chi connectivity index (χ2n) is 4.73. The molecule has 0 fully saturated rings. The van der Waals surface area contributed by atoms with Gasteiger partial charge in [0.1, 0.15) is 5.75 Å². The van der Waals surface area contributed by atoms with Crippen LogP contribution in [0.15, 0.2) is 70.3 Å². The van der Waals surface area contributed by atoms with Crippen molar-refractivity contribution in [3.8, 4) is 17.2 Å². The number of thioether (sulfide) groups is 1. The second-order valence-corrected chi connectivity index (χ2v) is 5.70. The van der Waals surface area contributed by atoms with Crippen LogP contribution in [0.5, 0.6) is 5.75 Å². The summed E-state index contributed by atoms with van der Waals surface area (Å²) in [6, 6.07) is 17.7. The molecule has 0 aliphatic carbocycles. The summed E-state index contributed by atoms with van der Waals surface area (Å²) in [7, 11) is 1.64.